The van der Waals surface area contributed by atoms with Crippen LogP contribution >= 0.6 is 11.6 Å². The first kappa shape index (κ1) is 24.4. The fourth-order valence-corrected chi connectivity index (χ4v) is 4.21. The highest BCUT2D eigenvalue weighted by molar-refractivity contribution is 7.92. The third kappa shape index (κ3) is 6.87. The third-order valence-electron chi connectivity index (χ3n) is 4.59. The Morgan fingerprint density at radius 1 is 0.939 bits per heavy atom. The fraction of sp³-hybridized carbons (Fsp3) is 0.208. The van der Waals surface area contributed by atoms with E-state index in [1.807, 2.05) is 13.8 Å². The van der Waals surface area contributed by atoms with Crippen LogP contribution in [0.5, 0.6) is 11.5 Å². The Labute approximate surface area is 198 Å². The molecule has 3 rings (SSSR count). The summed E-state index contributed by atoms with van der Waals surface area (Å²) in [6.07, 6.45) is -0.287. The van der Waals surface area contributed by atoms with Crippen molar-refractivity contribution >= 4 is 38.9 Å². The maximum absolute atomic E-state index is 12.7. The first-order valence-corrected chi connectivity index (χ1v) is 12.3. The summed E-state index contributed by atoms with van der Waals surface area (Å²) < 4.78 is 39.0. The largest absolute Gasteiger partial charge is 0.494 e. The van der Waals surface area contributed by atoms with Crippen LogP contribution in [0.15, 0.2) is 77.7 Å². The summed E-state index contributed by atoms with van der Waals surface area (Å²) in [5.74, 6) is 0.803. The second-order valence-corrected chi connectivity index (χ2v) is 9.17. The zero-order chi connectivity index (χ0) is 23.8. The number of benzene rings is 3. The molecule has 0 saturated heterocycles. The van der Waals surface area contributed by atoms with Gasteiger partial charge in [-0.05, 0) is 80.1 Å². The predicted octanol–water partition coefficient (Wildman–Crippen LogP) is 5.34. The molecule has 0 aliphatic carbocycles. The van der Waals surface area contributed by atoms with Crippen molar-refractivity contribution in [1.82, 2.24) is 0 Å². The number of hydrogen-bond donors (Lipinski definition) is 2. The Morgan fingerprint density at radius 2 is 1.61 bits per heavy atom. The maximum Gasteiger partial charge on any atom is 0.265 e. The molecule has 0 aliphatic rings. The van der Waals surface area contributed by atoms with Crippen LogP contribution < -0.4 is 19.5 Å². The van der Waals surface area contributed by atoms with Crippen LogP contribution in [0.4, 0.5) is 11.4 Å². The van der Waals surface area contributed by atoms with E-state index in [4.69, 9.17) is 21.1 Å². The Bertz CT molecular complexity index is 1180. The molecule has 3 aromatic rings. The minimum absolute atomic E-state index is 0.0663. The summed E-state index contributed by atoms with van der Waals surface area (Å²) in [5.41, 5.74) is 0.868. The van der Waals surface area contributed by atoms with E-state index in [1.165, 1.54) is 24.3 Å². The number of anilines is 2. The van der Waals surface area contributed by atoms with Crippen LogP contribution in [0.25, 0.3) is 0 Å². The molecule has 33 heavy (non-hydrogen) atoms. The van der Waals surface area contributed by atoms with E-state index >= 15 is 0 Å². The normalized spacial score (nSPS) is 12.0. The van der Waals surface area contributed by atoms with Gasteiger partial charge in [0.05, 0.1) is 11.5 Å². The number of amides is 1. The van der Waals surface area contributed by atoms with Crippen molar-refractivity contribution in [3.8, 4) is 11.5 Å². The van der Waals surface area contributed by atoms with E-state index in [0.29, 0.717) is 40.9 Å². The quantitative estimate of drug-likeness (QED) is 0.402. The Morgan fingerprint density at radius 3 is 2.21 bits per heavy atom. The van der Waals surface area contributed by atoms with Crippen molar-refractivity contribution in [2.24, 2.45) is 0 Å². The Hall–Kier alpha value is -3.23. The van der Waals surface area contributed by atoms with Gasteiger partial charge >= 0.3 is 0 Å². The van der Waals surface area contributed by atoms with Gasteiger partial charge in [-0.25, -0.2) is 8.42 Å². The van der Waals surface area contributed by atoms with E-state index in [2.05, 4.69) is 10.0 Å². The summed E-state index contributed by atoms with van der Waals surface area (Å²) in [5, 5.41) is 3.26. The fourth-order valence-electron chi connectivity index (χ4n) is 2.97. The topological polar surface area (TPSA) is 93.7 Å². The second kappa shape index (κ2) is 11.1. The Kier molecular flexibility index (Phi) is 8.19. The van der Waals surface area contributed by atoms with Crippen molar-refractivity contribution in [1.29, 1.82) is 0 Å². The van der Waals surface area contributed by atoms with E-state index in [9.17, 15) is 13.2 Å². The average molecular weight is 489 g/mol. The van der Waals surface area contributed by atoms with Crippen molar-refractivity contribution in [3.05, 3.63) is 77.8 Å². The lowest BCUT2D eigenvalue weighted by molar-refractivity contribution is -0.122. The summed E-state index contributed by atoms with van der Waals surface area (Å²) in [7, 11) is -3.79. The SMILES string of the molecule is CCOc1ccc(NS(=O)(=O)c2ccc(NC(=O)[C@@H](CC)Oc3cccc(Cl)c3)cc2)cc1. The van der Waals surface area contributed by atoms with Gasteiger partial charge in [0.2, 0.25) is 0 Å². The van der Waals surface area contributed by atoms with Crippen LogP contribution in [0.3, 0.4) is 0 Å². The molecular weight excluding hydrogens is 464 g/mol. The van der Waals surface area contributed by atoms with Gasteiger partial charge in [-0.15, -0.1) is 0 Å². The Balaban J connectivity index is 1.64. The van der Waals surface area contributed by atoms with Crippen molar-refractivity contribution < 1.29 is 22.7 Å². The summed E-state index contributed by atoms with van der Waals surface area (Å²) >= 11 is 5.96. The van der Waals surface area contributed by atoms with Crippen LogP contribution in [-0.4, -0.2) is 27.0 Å². The lowest BCUT2D eigenvalue weighted by Crippen LogP contribution is -2.32. The zero-order valence-corrected chi connectivity index (χ0v) is 19.8. The van der Waals surface area contributed by atoms with Crippen molar-refractivity contribution in [3.63, 3.8) is 0 Å². The monoisotopic (exact) mass is 488 g/mol. The summed E-state index contributed by atoms with van der Waals surface area (Å²) in [6, 6.07) is 19.3. The standard InChI is InChI=1S/C24H25ClN2O5S/c1-3-23(32-21-7-5-6-17(25)16-21)24(28)26-18-10-14-22(15-11-18)33(29,30)27-19-8-12-20(13-9-19)31-4-2/h5-16,23,27H,3-4H2,1-2H3,(H,26,28)/t23-/m1/s1. The number of ether oxygens (including phenoxy) is 2. The molecule has 2 N–H and O–H groups in total. The molecule has 1 atom stereocenters. The number of halogens is 1. The number of rotatable bonds is 10. The molecule has 0 aromatic heterocycles. The molecule has 3 aromatic carbocycles. The van der Waals surface area contributed by atoms with Crippen LogP contribution in [-0.2, 0) is 14.8 Å². The molecule has 0 bridgehead atoms. The van der Waals surface area contributed by atoms with E-state index in [0.717, 1.165) is 0 Å². The van der Waals surface area contributed by atoms with Crippen molar-refractivity contribution in [2.75, 3.05) is 16.6 Å². The van der Waals surface area contributed by atoms with Gasteiger partial charge in [0, 0.05) is 16.4 Å². The molecule has 0 heterocycles. The molecule has 0 saturated carbocycles. The van der Waals surface area contributed by atoms with Crippen molar-refractivity contribution in [2.45, 2.75) is 31.3 Å². The minimum atomic E-state index is -3.79. The van der Waals surface area contributed by atoms with E-state index < -0.39 is 16.1 Å². The first-order chi connectivity index (χ1) is 15.8. The summed E-state index contributed by atoms with van der Waals surface area (Å²) in [4.78, 5) is 12.7. The lowest BCUT2D eigenvalue weighted by atomic mass is 10.2. The molecule has 7 nitrogen and oxygen atoms in total. The second-order valence-electron chi connectivity index (χ2n) is 7.05. The molecule has 1 amide bonds. The van der Waals surface area contributed by atoms with Gasteiger partial charge in [-0.1, -0.05) is 24.6 Å². The molecule has 0 spiro atoms. The number of sulfonamides is 1. The average Bonchev–Trinajstić information content (AvgIpc) is 2.79. The molecule has 174 valence electrons. The number of nitrogens with one attached hydrogen (secondary N) is 2. The van der Waals surface area contributed by atoms with E-state index in [-0.39, 0.29) is 10.8 Å². The molecule has 0 radical (unpaired) electrons. The lowest BCUT2D eigenvalue weighted by Gasteiger charge is -2.17. The number of hydrogen-bond acceptors (Lipinski definition) is 5. The number of carbonyl (C=O) groups is 1. The highest BCUT2D eigenvalue weighted by atomic mass is 35.5. The van der Waals surface area contributed by atoms with E-state index in [1.54, 1.807) is 48.5 Å². The molecule has 0 unspecified atom stereocenters. The molecule has 9 heteroatoms. The van der Waals surface area contributed by atoms with Gasteiger partial charge in [-0.2, -0.15) is 0 Å². The van der Waals surface area contributed by atoms with Crippen LogP contribution in [0.1, 0.15) is 20.3 Å². The zero-order valence-electron chi connectivity index (χ0n) is 18.2. The highest BCUT2D eigenvalue weighted by Gasteiger charge is 2.20. The molecule has 0 aliphatic heterocycles. The van der Waals surface area contributed by atoms with Crippen LogP contribution in [0.2, 0.25) is 5.02 Å². The predicted molar refractivity (Wildman–Crippen MR) is 130 cm³/mol. The molecular formula is C24H25ClN2O5S. The van der Waals surface area contributed by atoms with Gasteiger partial charge in [0.25, 0.3) is 15.9 Å². The van der Waals surface area contributed by atoms with Gasteiger partial charge in [-0.3, -0.25) is 9.52 Å². The van der Waals surface area contributed by atoms with Crippen LogP contribution in [0, 0.1) is 0 Å². The van der Waals surface area contributed by atoms with Gasteiger partial charge in [0.1, 0.15) is 11.5 Å². The smallest absolute Gasteiger partial charge is 0.265 e. The van der Waals surface area contributed by atoms with Gasteiger partial charge < -0.3 is 14.8 Å². The third-order valence-corrected chi connectivity index (χ3v) is 6.22. The number of carbonyl (C=O) groups excluding carboxylic acids is 1. The first-order valence-electron chi connectivity index (χ1n) is 10.4. The highest BCUT2D eigenvalue weighted by Crippen LogP contribution is 2.22. The maximum atomic E-state index is 12.7. The van der Waals surface area contributed by atoms with Gasteiger partial charge in [0.15, 0.2) is 6.10 Å². The molecule has 0 fully saturated rings. The minimum Gasteiger partial charge on any atom is -0.494 e. The summed E-state index contributed by atoms with van der Waals surface area (Å²) in [6.45, 7) is 4.23.